The number of Topliss-reactive ketones (excluding diaryl/α,β-unsaturated/α-hetero) is 1. The fourth-order valence-electron chi connectivity index (χ4n) is 6.70. The first kappa shape index (κ1) is 22.7. The van der Waals surface area contributed by atoms with Gasteiger partial charge in [0.15, 0.2) is 0 Å². The Hall–Kier alpha value is -0.940. The molecule has 1 N–H and O–H groups in total. The van der Waals surface area contributed by atoms with Crippen LogP contribution in [0, 0.1) is 34.5 Å². The molecule has 0 spiro atoms. The molecule has 3 aliphatic rings. The highest BCUT2D eigenvalue weighted by Crippen LogP contribution is 2.61. The van der Waals surface area contributed by atoms with Crippen LogP contribution in [-0.4, -0.2) is 55.4 Å². The predicted octanol–water partition coefficient (Wildman–Crippen LogP) is 4.14. The van der Waals surface area contributed by atoms with Crippen LogP contribution in [0.25, 0.3) is 0 Å². The van der Waals surface area contributed by atoms with Crippen LogP contribution in [0.3, 0.4) is 0 Å². The summed E-state index contributed by atoms with van der Waals surface area (Å²) in [6, 6.07) is 0. The molecule has 0 aliphatic heterocycles. The molecule has 3 rings (SSSR count). The Morgan fingerprint density at radius 2 is 2.00 bits per heavy atom. The van der Waals surface area contributed by atoms with Crippen molar-refractivity contribution in [2.24, 2.45) is 39.7 Å². The lowest BCUT2D eigenvalue weighted by Crippen LogP contribution is -2.56. The molecule has 0 amide bonds. The van der Waals surface area contributed by atoms with E-state index in [0.717, 1.165) is 57.9 Å². The highest BCUT2D eigenvalue weighted by molar-refractivity contribution is 5.91. The minimum Gasteiger partial charge on any atom is -0.395 e. The number of hydrogen-bond acceptors (Lipinski definition) is 5. The molecule has 3 saturated carbocycles. The van der Waals surface area contributed by atoms with Crippen LogP contribution in [0.2, 0.25) is 0 Å². The van der Waals surface area contributed by atoms with E-state index in [1.54, 1.807) is 0 Å². The zero-order valence-corrected chi connectivity index (χ0v) is 19.2. The summed E-state index contributed by atoms with van der Waals surface area (Å²) in [6.45, 7) is 8.14. The molecule has 0 radical (unpaired) electrons. The standard InChI is InChI=1S/C24H42N2O3/c1-6-17(16-25-29-14-13-26(4)5)24(3)12-10-21-20(22(24)28)8-7-18-15-19(27)9-11-23(18,21)2/h16-21,27H,6-15H2,1-5H3/b25-16+/t17-,18+,19-,20+,21-,23-,24+/m0/s1. The van der Waals surface area contributed by atoms with E-state index >= 15 is 0 Å². The molecule has 0 unspecified atom stereocenters. The van der Waals surface area contributed by atoms with Crippen molar-refractivity contribution < 1.29 is 14.7 Å². The van der Waals surface area contributed by atoms with Gasteiger partial charge in [-0.15, -0.1) is 0 Å². The van der Waals surface area contributed by atoms with Crippen molar-refractivity contribution >= 4 is 12.0 Å². The van der Waals surface area contributed by atoms with Crippen molar-refractivity contribution in [2.75, 3.05) is 27.2 Å². The molecule has 0 aromatic carbocycles. The minimum atomic E-state index is -0.332. The third-order valence-corrected chi connectivity index (χ3v) is 8.74. The van der Waals surface area contributed by atoms with Gasteiger partial charge in [-0.3, -0.25) is 4.79 Å². The number of likely N-dealkylation sites (N-methyl/N-ethyl adjacent to an activating group) is 1. The van der Waals surface area contributed by atoms with Crippen molar-refractivity contribution in [1.82, 2.24) is 4.90 Å². The number of hydrogen-bond donors (Lipinski definition) is 1. The maximum absolute atomic E-state index is 13.8. The molecule has 5 nitrogen and oxygen atoms in total. The maximum atomic E-state index is 13.8. The number of ketones is 1. The first-order valence-electron chi connectivity index (χ1n) is 11.7. The summed E-state index contributed by atoms with van der Waals surface area (Å²) < 4.78 is 0. The van der Waals surface area contributed by atoms with Crippen LogP contribution in [0.5, 0.6) is 0 Å². The molecule has 0 saturated heterocycles. The lowest BCUT2D eigenvalue weighted by Gasteiger charge is -2.58. The zero-order chi connectivity index (χ0) is 21.2. The number of nitrogens with zero attached hydrogens (tertiary/aromatic N) is 2. The quantitative estimate of drug-likeness (QED) is 0.392. The topological polar surface area (TPSA) is 62.1 Å². The lowest BCUT2D eigenvalue weighted by molar-refractivity contribution is -0.155. The van der Waals surface area contributed by atoms with E-state index in [1.165, 1.54) is 0 Å². The summed E-state index contributed by atoms with van der Waals surface area (Å²) in [7, 11) is 4.03. The van der Waals surface area contributed by atoms with E-state index in [9.17, 15) is 9.90 Å². The van der Waals surface area contributed by atoms with Crippen LogP contribution in [-0.2, 0) is 9.63 Å². The van der Waals surface area contributed by atoms with Gasteiger partial charge in [-0.2, -0.15) is 0 Å². The van der Waals surface area contributed by atoms with Crippen LogP contribution in [0.15, 0.2) is 5.16 Å². The first-order chi connectivity index (χ1) is 13.7. The van der Waals surface area contributed by atoms with Gasteiger partial charge in [-0.05, 0) is 82.7 Å². The summed E-state index contributed by atoms with van der Waals surface area (Å²) in [5.74, 6) is 1.85. The van der Waals surface area contributed by atoms with E-state index in [0.29, 0.717) is 24.2 Å². The van der Waals surface area contributed by atoms with Gasteiger partial charge in [0.1, 0.15) is 12.4 Å². The Balaban J connectivity index is 1.70. The van der Waals surface area contributed by atoms with Crippen molar-refractivity contribution in [1.29, 1.82) is 0 Å². The van der Waals surface area contributed by atoms with E-state index in [-0.39, 0.29) is 28.8 Å². The van der Waals surface area contributed by atoms with E-state index in [4.69, 9.17) is 4.84 Å². The van der Waals surface area contributed by atoms with Gasteiger partial charge in [0, 0.05) is 30.0 Å². The van der Waals surface area contributed by atoms with Gasteiger partial charge in [0.25, 0.3) is 0 Å². The highest BCUT2D eigenvalue weighted by Gasteiger charge is 2.57. The lowest BCUT2D eigenvalue weighted by atomic mass is 9.46. The first-order valence-corrected chi connectivity index (χ1v) is 11.7. The number of oxime groups is 1. The molecule has 0 aromatic heterocycles. The summed E-state index contributed by atoms with van der Waals surface area (Å²) >= 11 is 0. The summed E-state index contributed by atoms with van der Waals surface area (Å²) in [4.78, 5) is 21.3. The molecule has 5 heteroatoms. The van der Waals surface area contributed by atoms with Gasteiger partial charge in [0.05, 0.1) is 6.10 Å². The molecule has 0 aromatic rings. The number of rotatable bonds is 7. The van der Waals surface area contributed by atoms with Crippen molar-refractivity contribution in [3.05, 3.63) is 0 Å². The van der Waals surface area contributed by atoms with Gasteiger partial charge < -0.3 is 14.8 Å². The number of aliphatic hydroxyl groups is 1. The third kappa shape index (κ3) is 4.41. The predicted molar refractivity (Wildman–Crippen MR) is 117 cm³/mol. The van der Waals surface area contributed by atoms with Crippen LogP contribution >= 0.6 is 0 Å². The summed E-state index contributed by atoms with van der Waals surface area (Å²) in [5, 5.41) is 14.4. The average Bonchev–Trinajstić information content (AvgIpc) is 2.67. The molecule has 0 heterocycles. The van der Waals surface area contributed by atoms with Gasteiger partial charge in [-0.1, -0.05) is 25.9 Å². The molecule has 3 fully saturated rings. The third-order valence-electron chi connectivity index (χ3n) is 8.74. The average molecular weight is 407 g/mol. The van der Waals surface area contributed by atoms with Crippen molar-refractivity contribution in [2.45, 2.75) is 78.2 Å². The minimum absolute atomic E-state index is 0.133. The number of aliphatic hydroxyl groups excluding tert-OH is 1. The number of fused-ring (bicyclic) bond motifs is 3. The second-order valence-electron chi connectivity index (χ2n) is 10.6. The molecule has 7 atom stereocenters. The molecular formula is C24H42N2O3. The van der Waals surface area contributed by atoms with E-state index in [2.05, 4.69) is 30.8 Å². The molecule has 29 heavy (non-hydrogen) atoms. The maximum Gasteiger partial charge on any atom is 0.142 e. The van der Waals surface area contributed by atoms with Gasteiger partial charge >= 0.3 is 0 Å². The van der Waals surface area contributed by atoms with Crippen LogP contribution < -0.4 is 0 Å². The fourth-order valence-corrected chi connectivity index (χ4v) is 6.70. The van der Waals surface area contributed by atoms with Crippen molar-refractivity contribution in [3.63, 3.8) is 0 Å². The normalized spacial score (nSPS) is 41.3. The Morgan fingerprint density at radius 1 is 1.24 bits per heavy atom. The van der Waals surface area contributed by atoms with Crippen molar-refractivity contribution in [3.8, 4) is 0 Å². The monoisotopic (exact) mass is 406 g/mol. The zero-order valence-electron chi connectivity index (χ0n) is 19.2. The summed E-state index contributed by atoms with van der Waals surface area (Å²) in [5.41, 5.74) is -0.105. The Labute approximate surface area is 177 Å². The fraction of sp³-hybridized carbons (Fsp3) is 0.917. The highest BCUT2D eigenvalue weighted by atomic mass is 16.6. The Bertz CT molecular complexity index is 607. The second-order valence-corrected chi connectivity index (χ2v) is 10.6. The SMILES string of the molecule is CC[C@@H](/C=N/OCCN(C)C)[C@@]1(C)CC[C@H]2[C@@H](CC[C@@H]3C[C@@H](O)CC[C@@]32C)C1=O. The second kappa shape index (κ2) is 9.05. The molecule has 0 bridgehead atoms. The van der Waals surface area contributed by atoms with E-state index < -0.39 is 0 Å². The number of carbonyl (C=O) groups is 1. The Morgan fingerprint density at radius 3 is 2.69 bits per heavy atom. The smallest absolute Gasteiger partial charge is 0.142 e. The van der Waals surface area contributed by atoms with Gasteiger partial charge in [-0.25, -0.2) is 0 Å². The summed E-state index contributed by atoms with van der Waals surface area (Å²) in [6.07, 6.45) is 9.74. The Kier molecular flexibility index (Phi) is 7.10. The van der Waals surface area contributed by atoms with E-state index in [1.807, 2.05) is 20.3 Å². The van der Waals surface area contributed by atoms with Gasteiger partial charge in [0.2, 0.25) is 0 Å². The molecule has 3 aliphatic carbocycles. The largest absolute Gasteiger partial charge is 0.395 e. The van der Waals surface area contributed by atoms with Crippen LogP contribution in [0.4, 0.5) is 0 Å². The number of carbonyl (C=O) groups excluding carboxylic acids is 1. The van der Waals surface area contributed by atoms with Crippen LogP contribution in [0.1, 0.15) is 72.1 Å². The molecule has 166 valence electrons. The molecular weight excluding hydrogens is 364 g/mol.